The molecule has 1 saturated heterocycles. The highest BCUT2D eigenvalue weighted by Gasteiger charge is 2.27. The van der Waals surface area contributed by atoms with Crippen molar-refractivity contribution in [1.82, 2.24) is 4.98 Å². The Morgan fingerprint density at radius 1 is 1.73 bits per heavy atom. The highest BCUT2D eigenvalue weighted by atomic mass is 32.1. The van der Waals surface area contributed by atoms with Gasteiger partial charge in [0.15, 0.2) is 5.69 Å². The average Bonchev–Trinajstić information content (AvgIpc) is 2.86. The van der Waals surface area contributed by atoms with Crippen molar-refractivity contribution in [2.75, 3.05) is 6.61 Å². The summed E-state index contributed by atoms with van der Waals surface area (Å²) in [5.74, 6) is -0.948. The van der Waals surface area contributed by atoms with Crippen LogP contribution in [0.1, 0.15) is 46.2 Å². The first-order valence-electron chi connectivity index (χ1n) is 5.07. The van der Waals surface area contributed by atoms with Crippen LogP contribution in [0.3, 0.4) is 0 Å². The Balaban J connectivity index is 2.34. The van der Waals surface area contributed by atoms with Gasteiger partial charge in [-0.3, -0.25) is 0 Å². The third-order valence-electron chi connectivity index (χ3n) is 2.42. The highest BCUT2D eigenvalue weighted by Crippen LogP contribution is 2.35. The number of aromatic carboxylic acids is 1. The number of thiazole rings is 1. The molecule has 1 aliphatic rings. The van der Waals surface area contributed by atoms with Gasteiger partial charge in [-0.05, 0) is 19.3 Å². The van der Waals surface area contributed by atoms with E-state index in [2.05, 4.69) is 4.98 Å². The van der Waals surface area contributed by atoms with Crippen molar-refractivity contribution in [1.29, 1.82) is 0 Å². The van der Waals surface area contributed by atoms with Crippen LogP contribution in [0.25, 0.3) is 0 Å². The van der Waals surface area contributed by atoms with E-state index in [4.69, 9.17) is 9.84 Å². The van der Waals surface area contributed by atoms with Crippen LogP contribution >= 0.6 is 11.3 Å². The molecular weight excluding hydrogens is 214 g/mol. The SMILES string of the molecule is CCc1nc(C(=O)O)c(C2CCCO2)s1. The van der Waals surface area contributed by atoms with Gasteiger partial charge in [0.1, 0.15) is 0 Å². The van der Waals surface area contributed by atoms with E-state index < -0.39 is 5.97 Å². The predicted octanol–water partition coefficient (Wildman–Crippen LogP) is 2.26. The monoisotopic (exact) mass is 227 g/mol. The molecule has 82 valence electrons. The molecule has 0 spiro atoms. The van der Waals surface area contributed by atoms with Gasteiger partial charge >= 0.3 is 5.97 Å². The number of hydrogen-bond acceptors (Lipinski definition) is 4. The Kier molecular flexibility index (Phi) is 3.02. The standard InChI is InChI=1S/C10H13NO3S/c1-2-7-11-8(10(12)13)9(15-7)6-4-3-5-14-6/h6H,2-5H2,1H3,(H,12,13). The van der Waals surface area contributed by atoms with E-state index in [1.807, 2.05) is 6.92 Å². The van der Waals surface area contributed by atoms with Crippen molar-refractivity contribution in [3.05, 3.63) is 15.6 Å². The average molecular weight is 227 g/mol. The quantitative estimate of drug-likeness (QED) is 0.860. The van der Waals surface area contributed by atoms with Crippen molar-refractivity contribution in [2.24, 2.45) is 0 Å². The van der Waals surface area contributed by atoms with Gasteiger partial charge in [-0.2, -0.15) is 0 Å². The Bertz CT molecular complexity index is 369. The molecule has 0 aromatic carbocycles. The molecule has 0 aliphatic carbocycles. The maximum absolute atomic E-state index is 11.0. The van der Waals surface area contributed by atoms with Crippen molar-refractivity contribution in [3.63, 3.8) is 0 Å². The second kappa shape index (κ2) is 4.28. The fourth-order valence-electron chi connectivity index (χ4n) is 1.68. The summed E-state index contributed by atoms with van der Waals surface area (Å²) >= 11 is 1.47. The summed E-state index contributed by atoms with van der Waals surface area (Å²) in [5.41, 5.74) is 0.184. The molecule has 15 heavy (non-hydrogen) atoms. The van der Waals surface area contributed by atoms with E-state index in [0.717, 1.165) is 35.8 Å². The van der Waals surface area contributed by atoms with Crippen LogP contribution < -0.4 is 0 Å². The molecule has 2 heterocycles. The summed E-state index contributed by atoms with van der Waals surface area (Å²) in [7, 11) is 0. The van der Waals surface area contributed by atoms with Crippen molar-refractivity contribution in [2.45, 2.75) is 32.3 Å². The van der Waals surface area contributed by atoms with Gasteiger partial charge < -0.3 is 9.84 Å². The van der Waals surface area contributed by atoms with Crippen molar-refractivity contribution in [3.8, 4) is 0 Å². The van der Waals surface area contributed by atoms with Crippen LogP contribution in [0.5, 0.6) is 0 Å². The molecule has 1 aromatic rings. The molecule has 0 radical (unpaired) electrons. The molecule has 1 fully saturated rings. The number of rotatable bonds is 3. The molecule has 4 nitrogen and oxygen atoms in total. The van der Waals surface area contributed by atoms with E-state index in [0.29, 0.717) is 0 Å². The van der Waals surface area contributed by atoms with Crippen LogP contribution in [0.2, 0.25) is 0 Å². The lowest BCUT2D eigenvalue weighted by Crippen LogP contribution is -2.04. The Hall–Kier alpha value is -0.940. The molecule has 0 saturated carbocycles. The Labute approximate surface area is 91.9 Å². The topological polar surface area (TPSA) is 59.4 Å². The van der Waals surface area contributed by atoms with Gasteiger partial charge in [0.25, 0.3) is 0 Å². The van der Waals surface area contributed by atoms with Crippen LogP contribution in [-0.4, -0.2) is 22.7 Å². The van der Waals surface area contributed by atoms with E-state index in [9.17, 15) is 4.79 Å². The minimum Gasteiger partial charge on any atom is -0.476 e. The van der Waals surface area contributed by atoms with Gasteiger partial charge in [-0.1, -0.05) is 6.92 Å². The van der Waals surface area contributed by atoms with E-state index in [1.54, 1.807) is 0 Å². The molecule has 1 aliphatic heterocycles. The highest BCUT2D eigenvalue weighted by molar-refractivity contribution is 7.12. The van der Waals surface area contributed by atoms with Gasteiger partial charge in [0.2, 0.25) is 0 Å². The van der Waals surface area contributed by atoms with Crippen molar-refractivity contribution < 1.29 is 14.6 Å². The number of nitrogens with zero attached hydrogens (tertiary/aromatic N) is 1. The number of carboxylic acids is 1. The number of aryl methyl sites for hydroxylation is 1. The molecule has 5 heteroatoms. The molecule has 2 rings (SSSR count). The first kappa shape index (κ1) is 10.6. The summed E-state index contributed by atoms with van der Waals surface area (Å²) < 4.78 is 5.49. The molecule has 0 amide bonds. The third kappa shape index (κ3) is 2.03. The second-order valence-corrected chi connectivity index (χ2v) is 4.60. The molecule has 0 bridgehead atoms. The molecule has 1 unspecified atom stereocenters. The maximum atomic E-state index is 11.0. The largest absolute Gasteiger partial charge is 0.476 e. The van der Waals surface area contributed by atoms with Crippen LogP contribution in [-0.2, 0) is 11.2 Å². The van der Waals surface area contributed by atoms with Crippen LogP contribution in [0.4, 0.5) is 0 Å². The molecule has 1 aromatic heterocycles. The minimum absolute atomic E-state index is 0.0473. The lowest BCUT2D eigenvalue weighted by Gasteiger charge is -2.06. The van der Waals surface area contributed by atoms with Gasteiger partial charge in [0, 0.05) is 6.61 Å². The first-order chi connectivity index (χ1) is 7.22. The zero-order chi connectivity index (χ0) is 10.8. The summed E-state index contributed by atoms with van der Waals surface area (Å²) in [6.07, 6.45) is 2.64. The third-order valence-corrected chi connectivity index (χ3v) is 3.72. The minimum atomic E-state index is -0.948. The van der Waals surface area contributed by atoms with Gasteiger partial charge in [0.05, 0.1) is 16.0 Å². The van der Waals surface area contributed by atoms with E-state index >= 15 is 0 Å². The molecular formula is C10H13NO3S. The number of hydrogen-bond donors (Lipinski definition) is 1. The maximum Gasteiger partial charge on any atom is 0.355 e. The van der Waals surface area contributed by atoms with Gasteiger partial charge in [-0.25, -0.2) is 9.78 Å². The molecule has 1 atom stereocenters. The van der Waals surface area contributed by atoms with Crippen molar-refractivity contribution >= 4 is 17.3 Å². The zero-order valence-corrected chi connectivity index (χ0v) is 9.34. The zero-order valence-electron chi connectivity index (χ0n) is 8.52. The lowest BCUT2D eigenvalue weighted by molar-refractivity contribution is 0.0677. The fourth-order valence-corrected chi connectivity index (χ4v) is 2.77. The number of ether oxygens (including phenoxy) is 1. The molecule has 1 N–H and O–H groups in total. The van der Waals surface area contributed by atoms with E-state index in [-0.39, 0.29) is 11.8 Å². The summed E-state index contributed by atoms with van der Waals surface area (Å²) in [6, 6.07) is 0. The summed E-state index contributed by atoms with van der Waals surface area (Å²) in [4.78, 5) is 15.9. The summed E-state index contributed by atoms with van der Waals surface area (Å²) in [6.45, 7) is 2.70. The Morgan fingerprint density at radius 3 is 3.07 bits per heavy atom. The number of aromatic nitrogens is 1. The Morgan fingerprint density at radius 2 is 2.53 bits per heavy atom. The first-order valence-corrected chi connectivity index (χ1v) is 5.88. The number of carbonyl (C=O) groups is 1. The van der Waals surface area contributed by atoms with E-state index in [1.165, 1.54) is 11.3 Å². The fraction of sp³-hybridized carbons (Fsp3) is 0.600. The second-order valence-electron chi connectivity index (χ2n) is 3.48. The lowest BCUT2D eigenvalue weighted by atomic mass is 10.2. The van der Waals surface area contributed by atoms with Gasteiger partial charge in [-0.15, -0.1) is 11.3 Å². The smallest absolute Gasteiger partial charge is 0.355 e. The summed E-state index contributed by atoms with van der Waals surface area (Å²) in [5, 5.41) is 9.90. The number of carboxylic acid groups (broad SMARTS) is 1. The normalized spacial score (nSPS) is 20.7. The van der Waals surface area contributed by atoms with Crippen LogP contribution in [0, 0.1) is 0 Å². The predicted molar refractivity (Wildman–Crippen MR) is 56.4 cm³/mol. The van der Waals surface area contributed by atoms with Crippen LogP contribution in [0.15, 0.2) is 0 Å².